The van der Waals surface area contributed by atoms with E-state index in [0.717, 1.165) is 12.1 Å². The van der Waals surface area contributed by atoms with Crippen molar-refractivity contribution in [1.29, 1.82) is 0 Å². The second kappa shape index (κ2) is 6.69. The quantitative estimate of drug-likeness (QED) is 0.871. The third kappa shape index (κ3) is 3.47. The molecule has 0 saturated carbocycles. The zero-order valence-corrected chi connectivity index (χ0v) is 12.5. The predicted molar refractivity (Wildman–Crippen MR) is 83.8 cm³/mol. The molecule has 1 atom stereocenters. The Hall–Kier alpha value is -1.64. The molecule has 2 heteroatoms. The Morgan fingerprint density at radius 1 is 1.00 bits per heavy atom. The zero-order valence-electron chi connectivity index (χ0n) is 12.5. The van der Waals surface area contributed by atoms with Crippen LogP contribution in [0.5, 0.6) is 0 Å². The monoisotopic (exact) mass is 269 g/mol. The normalized spacial score (nSPS) is 12.4. The van der Waals surface area contributed by atoms with E-state index in [9.17, 15) is 5.11 Å². The summed E-state index contributed by atoms with van der Waals surface area (Å²) in [4.78, 5) is 0. The molecule has 2 nitrogen and oxygen atoms in total. The third-order valence-electron chi connectivity index (χ3n) is 3.75. The van der Waals surface area contributed by atoms with E-state index in [2.05, 4.69) is 38.2 Å². The van der Waals surface area contributed by atoms with Gasteiger partial charge in [0.15, 0.2) is 0 Å². The Kier molecular flexibility index (Phi) is 4.94. The van der Waals surface area contributed by atoms with Crippen molar-refractivity contribution < 1.29 is 5.11 Å². The highest BCUT2D eigenvalue weighted by Gasteiger charge is 2.11. The van der Waals surface area contributed by atoms with Crippen LogP contribution < -0.4 is 5.32 Å². The third-order valence-corrected chi connectivity index (χ3v) is 3.75. The van der Waals surface area contributed by atoms with Crippen molar-refractivity contribution in [3.63, 3.8) is 0 Å². The van der Waals surface area contributed by atoms with E-state index in [-0.39, 0.29) is 12.6 Å². The van der Waals surface area contributed by atoms with Crippen molar-refractivity contribution in [1.82, 2.24) is 5.32 Å². The van der Waals surface area contributed by atoms with Gasteiger partial charge in [0.05, 0.1) is 12.6 Å². The molecule has 2 aromatic rings. The molecule has 0 radical (unpaired) electrons. The molecule has 0 fully saturated rings. The first kappa shape index (κ1) is 14.8. The Labute approximate surface area is 121 Å². The van der Waals surface area contributed by atoms with Gasteiger partial charge in [0.2, 0.25) is 0 Å². The van der Waals surface area contributed by atoms with Crippen LogP contribution in [0.15, 0.2) is 42.5 Å². The highest BCUT2D eigenvalue weighted by atomic mass is 16.3. The molecule has 0 spiro atoms. The molecule has 0 amide bonds. The molecule has 2 aromatic carbocycles. The smallest absolute Gasteiger partial charge is 0.0626 e. The van der Waals surface area contributed by atoms with Gasteiger partial charge in [-0.2, -0.15) is 0 Å². The highest BCUT2D eigenvalue weighted by molar-refractivity contribution is 5.37. The fourth-order valence-corrected chi connectivity index (χ4v) is 2.69. The number of rotatable bonds is 5. The maximum absolute atomic E-state index is 9.58. The van der Waals surface area contributed by atoms with E-state index in [1.807, 2.05) is 30.3 Å². The summed E-state index contributed by atoms with van der Waals surface area (Å²) in [6.07, 6.45) is 0. The van der Waals surface area contributed by atoms with Gasteiger partial charge in [-0.25, -0.2) is 0 Å². The first-order chi connectivity index (χ1) is 9.61. The summed E-state index contributed by atoms with van der Waals surface area (Å²) in [7, 11) is 0. The predicted octanol–water partition coefficient (Wildman–Crippen LogP) is 3.44. The van der Waals surface area contributed by atoms with Crippen molar-refractivity contribution in [3.8, 4) is 0 Å². The van der Waals surface area contributed by atoms with Crippen LogP contribution in [0.3, 0.4) is 0 Å². The number of nitrogens with one attached hydrogen (secondary N) is 1. The Bertz CT molecular complexity index is 540. The molecule has 0 heterocycles. The van der Waals surface area contributed by atoms with Crippen LogP contribution >= 0.6 is 0 Å². The minimum Gasteiger partial charge on any atom is -0.394 e. The van der Waals surface area contributed by atoms with E-state index in [1.54, 1.807) is 0 Å². The zero-order chi connectivity index (χ0) is 14.5. The van der Waals surface area contributed by atoms with E-state index < -0.39 is 0 Å². The molecular formula is C18H23NO. The Balaban J connectivity index is 2.12. The maximum atomic E-state index is 9.58. The summed E-state index contributed by atoms with van der Waals surface area (Å²) in [5.74, 6) is 0. The first-order valence-electron chi connectivity index (χ1n) is 7.07. The van der Waals surface area contributed by atoms with E-state index in [0.29, 0.717) is 0 Å². The number of hydrogen-bond acceptors (Lipinski definition) is 2. The molecule has 0 bridgehead atoms. The van der Waals surface area contributed by atoms with Gasteiger partial charge in [-0.15, -0.1) is 0 Å². The molecule has 0 aromatic heterocycles. The lowest BCUT2D eigenvalue weighted by Crippen LogP contribution is -2.24. The number of aliphatic hydroxyl groups excluding tert-OH is 1. The largest absolute Gasteiger partial charge is 0.394 e. The highest BCUT2D eigenvalue weighted by Crippen LogP contribution is 2.18. The molecule has 2 rings (SSSR count). The molecule has 0 aliphatic heterocycles. The second-order valence-electron chi connectivity index (χ2n) is 5.40. The number of aliphatic hydroxyl groups is 1. The summed E-state index contributed by atoms with van der Waals surface area (Å²) >= 11 is 0. The van der Waals surface area contributed by atoms with Gasteiger partial charge >= 0.3 is 0 Å². The second-order valence-corrected chi connectivity index (χ2v) is 5.40. The van der Waals surface area contributed by atoms with Gasteiger partial charge in [-0.05, 0) is 43.0 Å². The Morgan fingerprint density at radius 3 is 2.15 bits per heavy atom. The Morgan fingerprint density at radius 2 is 1.60 bits per heavy atom. The lowest BCUT2D eigenvalue weighted by atomic mass is 9.99. The standard InChI is InChI=1S/C18H23NO/c1-13-9-14(2)17(15(3)10-13)11-19-18(12-20)16-7-5-4-6-8-16/h4-10,18-20H,11-12H2,1-3H3. The number of aryl methyl sites for hydroxylation is 3. The van der Waals surface area contributed by atoms with Gasteiger partial charge in [0, 0.05) is 6.54 Å². The molecule has 0 aliphatic carbocycles. The van der Waals surface area contributed by atoms with Gasteiger partial charge in [-0.1, -0.05) is 48.0 Å². The SMILES string of the molecule is Cc1cc(C)c(CNC(CO)c2ccccc2)c(C)c1. The van der Waals surface area contributed by atoms with Crippen LogP contribution in [0.2, 0.25) is 0 Å². The van der Waals surface area contributed by atoms with Crippen LogP contribution in [-0.2, 0) is 6.54 Å². The summed E-state index contributed by atoms with van der Waals surface area (Å²) in [5, 5.41) is 13.0. The first-order valence-corrected chi connectivity index (χ1v) is 7.07. The molecule has 20 heavy (non-hydrogen) atoms. The minimum absolute atomic E-state index is 0.0173. The van der Waals surface area contributed by atoms with Crippen LogP contribution in [0.1, 0.15) is 33.9 Å². The van der Waals surface area contributed by atoms with Crippen LogP contribution in [0.4, 0.5) is 0 Å². The lowest BCUT2D eigenvalue weighted by Gasteiger charge is -2.19. The van der Waals surface area contributed by atoms with E-state index in [4.69, 9.17) is 0 Å². The average molecular weight is 269 g/mol. The van der Waals surface area contributed by atoms with Crippen molar-refractivity contribution in [2.75, 3.05) is 6.61 Å². The van der Waals surface area contributed by atoms with Gasteiger partial charge in [0.25, 0.3) is 0 Å². The van der Waals surface area contributed by atoms with Crippen molar-refractivity contribution in [2.24, 2.45) is 0 Å². The summed E-state index contributed by atoms with van der Waals surface area (Å²) in [5.41, 5.74) is 6.35. The van der Waals surface area contributed by atoms with Crippen LogP contribution in [0.25, 0.3) is 0 Å². The fraction of sp³-hybridized carbons (Fsp3) is 0.333. The molecule has 0 saturated heterocycles. The molecule has 1 unspecified atom stereocenters. The molecule has 106 valence electrons. The maximum Gasteiger partial charge on any atom is 0.0626 e. The van der Waals surface area contributed by atoms with Crippen molar-refractivity contribution in [2.45, 2.75) is 33.4 Å². The van der Waals surface area contributed by atoms with Crippen LogP contribution in [0, 0.1) is 20.8 Å². The summed E-state index contributed by atoms with van der Waals surface area (Å²) in [6.45, 7) is 7.30. The molecule has 0 aliphatic rings. The van der Waals surface area contributed by atoms with Gasteiger partial charge in [0.1, 0.15) is 0 Å². The summed E-state index contributed by atoms with van der Waals surface area (Å²) in [6, 6.07) is 14.5. The molecule has 2 N–H and O–H groups in total. The van der Waals surface area contributed by atoms with Crippen molar-refractivity contribution >= 4 is 0 Å². The molecular weight excluding hydrogens is 246 g/mol. The van der Waals surface area contributed by atoms with Gasteiger partial charge in [-0.3, -0.25) is 0 Å². The lowest BCUT2D eigenvalue weighted by molar-refractivity contribution is 0.243. The summed E-state index contributed by atoms with van der Waals surface area (Å²) < 4.78 is 0. The average Bonchev–Trinajstić information content (AvgIpc) is 2.43. The van der Waals surface area contributed by atoms with Crippen LogP contribution in [-0.4, -0.2) is 11.7 Å². The van der Waals surface area contributed by atoms with Crippen molar-refractivity contribution in [3.05, 3.63) is 70.3 Å². The fourth-order valence-electron chi connectivity index (χ4n) is 2.69. The number of hydrogen-bond donors (Lipinski definition) is 2. The van der Waals surface area contributed by atoms with E-state index >= 15 is 0 Å². The minimum atomic E-state index is -0.0173. The van der Waals surface area contributed by atoms with Gasteiger partial charge < -0.3 is 10.4 Å². The van der Waals surface area contributed by atoms with E-state index in [1.165, 1.54) is 22.3 Å². The number of benzene rings is 2. The topological polar surface area (TPSA) is 32.3 Å².